The van der Waals surface area contributed by atoms with Crippen LogP contribution in [-0.4, -0.2) is 37.6 Å². The van der Waals surface area contributed by atoms with Gasteiger partial charge >= 0.3 is 5.97 Å². The van der Waals surface area contributed by atoms with E-state index in [1.165, 1.54) is 13.2 Å². The predicted molar refractivity (Wildman–Crippen MR) is 91.6 cm³/mol. The van der Waals surface area contributed by atoms with Crippen LogP contribution in [0.15, 0.2) is 45.9 Å². The van der Waals surface area contributed by atoms with Crippen molar-refractivity contribution in [2.75, 3.05) is 6.26 Å². The van der Waals surface area contributed by atoms with E-state index in [-0.39, 0.29) is 12.1 Å². The van der Waals surface area contributed by atoms with E-state index >= 15 is 0 Å². The Labute approximate surface area is 154 Å². The van der Waals surface area contributed by atoms with Gasteiger partial charge in [-0.05, 0) is 31.2 Å². The fraction of sp³-hybridized carbons (Fsp3) is 0.250. The summed E-state index contributed by atoms with van der Waals surface area (Å²) in [5.41, 5.74) is -0.998. The number of hydrogen-bond donors (Lipinski definition) is 1. The molecule has 27 heavy (non-hydrogen) atoms. The Morgan fingerprint density at radius 2 is 2.04 bits per heavy atom. The maximum atomic E-state index is 12.1. The highest BCUT2D eigenvalue weighted by atomic mass is 32.2. The highest BCUT2D eigenvalue weighted by molar-refractivity contribution is 7.90. The van der Waals surface area contributed by atoms with E-state index in [0.29, 0.717) is 5.76 Å². The Bertz CT molecular complexity index is 966. The first kappa shape index (κ1) is 20.1. The molecule has 0 saturated carbocycles. The number of esters is 1. The van der Waals surface area contributed by atoms with E-state index in [2.05, 4.69) is 5.32 Å². The Morgan fingerprint density at radius 3 is 2.59 bits per heavy atom. The van der Waals surface area contributed by atoms with Crippen molar-refractivity contribution in [3.05, 3.63) is 58.0 Å². The number of rotatable bonds is 7. The van der Waals surface area contributed by atoms with Gasteiger partial charge in [-0.2, -0.15) is 0 Å². The molecule has 1 amide bonds. The first-order chi connectivity index (χ1) is 12.6. The second-order valence-corrected chi connectivity index (χ2v) is 7.54. The number of sulfone groups is 1. The molecule has 1 N–H and O–H groups in total. The second-order valence-electron chi connectivity index (χ2n) is 5.56. The van der Waals surface area contributed by atoms with Gasteiger partial charge < -0.3 is 14.5 Å². The lowest BCUT2D eigenvalue weighted by Gasteiger charge is -2.13. The third-order valence-corrected chi connectivity index (χ3v) is 4.60. The van der Waals surface area contributed by atoms with Crippen molar-refractivity contribution in [2.24, 2.45) is 0 Å². The zero-order valence-corrected chi connectivity index (χ0v) is 15.2. The third-order valence-electron chi connectivity index (χ3n) is 3.46. The predicted octanol–water partition coefficient (Wildman–Crippen LogP) is 1.45. The molecule has 0 radical (unpaired) electrons. The Morgan fingerprint density at radius 1 is 1.33 bits per heavy atom. The molecule has 144 valence electrons. The highest BCUT2D eigenvalue weighted by Gasteiger charge is 2.26. The molecular formula is C16H16N2O8S. The summed E-state index contributed by atoms with van der Waals surface area (Å²) in [5.74, 6) is -1.09. The minimum Gasteiger partial charge on any atom is -0.467 e. The van der Waals surface area contributed by atoms with Crippen LogP contribution in [0.2, 0.25) is 0 Å². The Kier molecular flexibility index (Phi) is 5.95. The number of ether oxygens (including phenoxy) is 1. The van der Waals surface area contributed by atoms with E-state index < -0.39 is 43.3 Å². The lowest BCUT2D eigenvalue weighted by atomic mass is 10.2. The zero-order chi connectivity index (χ0) is 20.2. The summed E-state index contributed by atoms with van der Waals surface area (Å²) >= 11 is 0. The van der Waals surface area contributed by atoms with Gasteiger partial charge in [0, 0.05) is 12.3 Å². The summed E-state index contributed by atoms with van der Waals surface area (Å²) in [6.07, 6.45) is 1.08. The fourth-order valence-electron chi connectivity index (χ4n) is 2.11. The van der Waals surface area contributed by atoms with Crippen molar-refractivity contribution < 1.29 is 32.1 Å². The van der Waals surface area contributed by atoms with Gasteiger partial charge in [0.2, 0.25) is 0 Å². The van der Waals surface area contributed by atoms with Crippen LogP contribution in [0.4, 0.5) is 5.69 Å². The molecule has 11 heteroatoms. The second kappa shape index (κ2) is 7.99. The molecule has 0 bridgehead atoms. The van der Waals surface area contributed by atoms with Crippen molar-refractivity contribution in [1.29, 1.82) is 0 Å². The van der Waals surface area contributed by atoms with Crippen LogP contribution in [0, 0.1) is 10.1 Å². The van der Waals surface area contributed by atoms with Crippen LogP contribution in [0.1, 0.15) is 23.0 Å². The highest BCUT2D eigenvalue weighted by Crippen LogP contribution is 2.25. The molecule has 0 aliphatic rings. The van der Waals surface area contributed by atoms with Gasteiger partial charge in [0.05, 0.1) is 23.3 Å². The summed E-state index contributed by atoms with van der Waals surface area (Å²) in [6.45, 7) is 1.43. The van der Waals surface area contributed by atoms with Crippen LogP contribution in [-0.2, 0) is 25.9 Å². The maximum Gasteiger partial charge on any atom is 0.339 e. The molecule has 0 spiro atoms. The number of nitro benzene ring substituents is 1. The van der Waals surface area contributed by atoms with Gasteiger partial charge in [-0.3, -0.25) is 14.9 Å². The van der Waals surface area contributed by atoms with Gasteiger partial charge in [0.15, 0.2) is 15.9 Å². The van der Waals surface area contributed by atoms with Crippen LogP contribution in [0.3, 0.4) is 0 Å². The number of amides is 1. The van der Waals surface area contributed by atoms with Crippen LogP contribution in [0.5, 0.6) is 0 Å². The van der Waals surface area contributed by atoms with Crippen molar-refractivity contribution in [3.8, 4) is 0 Å². The zero-order valence-electron chi connectivity index (χ0n) is 14.4. The number of nitrogens with zero attached hydrogens (tertiary/aromatic N) is 1. The van der Waals surface area contributed by atoms with Gasteiger partial charge in [-0.25, -0.2) is 13.2 Å². The van der Waals surface area contributed by atoms with E-state index in [9.17, 15) is 28.1 Å². The summed E-state index contributed by atoms with van der Waals surface area (Å²) in [6, 6.07) is 6.13. The molecule has 1 unspecified atom stereocenters. The Hall–Kier alpha value is -3.21. The first-order valence-corrected chi connectivity index (χ1v) is 9.48. The topological polar surface area (TPSA) is 146 Å². The molecule has 0 aliphatic heterocycles. The molecule has 1 aromatic carbocycles. The maximum absolute atomic E-state index is 12.1. The largest absolute Gasteiger partial charge is 0.467 e. The smallest absolute Gasteiger partial charge is 0.339 e. The van der Waals surface area contributed by atoms with E-state index in [0.717, 1.165) is 24.5 Å². The average Bonchev–Trinajstić information content (AvgIpc) is 3.11. The van der Waals surface area contributed by atoms with Gasteiger partial charge in [0.1, 0.15) is 10.7 Å². The minimum absolute atomic E-state index is 0.0995. The molecule has 10 nitrogen and oxygen atoms in total. The van der Waals surface area contributed by atoms with Gasteiger partial charge in [0.25, 0.3) is 11.6 Å². The summed E-state index contributed by atoms with van der Waals surface area (Å²) < 4.78 is 33.2. The number of carbonyl (C=O) groups is 2. The van der Waals surface area contributed by atoms with Crippen LogP contribution < -0.4 is 5.32 Å². The molecule has 1 heterocycles. The SMILES string of the molecule is CC(OC(=O)c1ccc(S(C)(=O)=O)c([N+](=O)[O-])c1)C(=O)NCc1ccco1. The van der Waals surface area contributed by atoms with Crippen molar-refractivity contribution in [1.82, 2.24) is 5.32 Å². The molecule has 0 aliphatic carbocycles. The summed E-state index contributed by atoms with van der Waals surface area (Å²) in [7, 11) is -3.85. The lowest BCUT2D eigenvalue weighted by molar-refractivity contribution is -0.387. The molecule has 1 atom stereocenters. The molecule has 0 fully saturated rings. The number of hydrogen-bond acceptors (Lipinski definition) is 8. The van der Waals surface area contributed by atoms with Crippen LogP contribution in [0.25, 0.3) is 0 Å². The number of benzene rings is 1. The lowest BCUT2D eigenvalue weighted by Crippen LogP contribution is -2.35. The van der Waals surface area contributed by atoms with Crippen LogP contribution >= 0.6 is 0 Å². The van der Waals surface area contributed by atoms with E-state index in [4.69, 9.17) is 9.15 Å². The number of nitro groups is 1. The van der Waals surface area contributed by atoms with Gasteiger partial charge in [-0.1, -0.05) is 0 Å². The molecule has 2 rings (SSSR count). The monoisotopic (exact) mass is 396 g/mol. The quantitative estimate of drug-likeness (QED) is 0.420. The van der Waals surface area contributed by atoms with E-state index in [1.54, 1.807) is 12.1 Å². The fourth-order valence-corrected chi connectivity index (χ4v) is 2.94. The molecule has 0 saturated heterocycles. The minimum atomic E-state index is -3.85. The first-order valence-electron chi connectivity index (χ1n) is 7.59. The van der Waals surface area contributed by atoms with Gasteiger partial charge in [-0.15, -0.1) is 0 Å². The standard InChI is InChI=1S/C16H16N2O8S/c1-10(15(19)17-9-12-4-3-7-25-12)26-16(20)11-5-6-14(27(2,23)24)13(8-11)18(21)22/h3-8,10H,9H2,1-2H3,(H,17,19). The Balaban J connectivity index is 2.09. The third kappa shape index (κ3) is 5.14. The van der Waals surface area contributed by atoms with Crippen molar-refractivity contribution in [2.45, 2.75) is 24.5 Å². The molecule has 1 aromatic heterocycles. The number of carbonyl (C=O) groups excluding carboxylic acids is 2. The molecule has 2 aromatic rings. The normalized spacial score (nSPS) is 12.2. The number of nitrogens with one attached hydrogen (secondary N) is 1. The van der Waals surface area contributed by atoms with Crippen molar-refractivity contribution >= 4 is 27.4 Å². The number of furan rings is 1. The average molecular weight is 396 g/mol. The summed E-state index contributed by atoms with van der Waals surface area (Å²) in [5, 5.41) is 13.6. The summed E-state index contributed by atoms with van der Waals surface area (Å²) in [4.78, 5) is 33.7. The molecular weight excluding hydrogens is 380 g/mol. The van der Waals surface area contributed by atoms with Crippen molar-refractivity contribution in [3.63, 3.8) is 0 Å². The van der Waals surface area contributed by atoms with E-state index in [1.807, 2.05) is 0 Å².